The third-order valence-electron chi connectivity index (χ3n) is 3.48. The van der Waals surface area contributed by atoms with Crippen molar-refractivity contribution in [2.24, 2.45) is 0 Å². The van der Waals surface area contributed by atoms with Gasteiger partial charge < -0.3 is 10.1 Å². The number of halogens is 1. The highest BCUT2D eigenvalue weighted by atomic mass is 19.1. The SMILES string of the molecule is COC1CCCC(Nc2cc([N+](=O)[O-])ccc2F)C1. The van der Waals surface area contributed by atoms with Crippen LogP contribution in [0.3, 0.4) is 0 Å². The van der Waals surface area contributed by atoms with Crippen molar-refractivity contribution in [3.8, 4) is 0 Å². The average Bonchev–Trinajstić information content (AvgIpc) is 2.41. The summed E-state index contributed by atoms with van der Waals surface area (Å²) in [6, 6.07) is 3.62. The molecule has 1 N–H and O–H groups in total. The van der Waals surface area contributed by atoms with Gasteiger partial charge in [0.15, 0.2) is 0 Å². The average molecular weight is 268 g/mol. The van der Waals surface area contributed by atoms with Crippen molar-refractivity contribution < 1.29 is 14.1 Å². The maximum absolute atomic E-state index is 13.7. The van der Waals surface area contributed by atoms with Crippen molar-refractivity contribution in [2.45, 2.75) is 37.8 Å². The molecule has 2 unspecified atom stereocenters. The Hall–Kier alpha value is -1.69. The fourth-order valence-electron chi connectivity index (χ4n) is 2.45. The normalized spacial score (nSPS) is 23.1. The van der Waals surface area contributed by atoms with Gasteiger partial charge in [0, 0.05) is 25.3 Å². The summed E-state index contributed by atoms with van der Waals surface area (Å²) >= 11 is 0. The molecule has 1 saturated carbocycles. The van der Waals surface area contributed by atoms with E-state index in [-0.39, 0.29) is 23.5 Å². The smallest absolute Gasteiger partial charge is 0.271 e. The van der Waals surface area contributed by atoms with E-state index in [2.05, 4.69) is 5.32 Å². The Morgan fingerprint density at radius 2 is 2.26 bits per heavy atom. The third kappa shape index (κ3) is 3.41. The van der Waals surface area contributed by atoms with Crippen molar-refractivity contribution in [1.82, 2.24) is 0 Å². The first-order valence-corrected chi connectivity index (χ1v) is 6.33. The summed E-state index contributed by atoms with van der Waals surface area (Å²) in [7, 11) is 1.67. The van der Waals surface area contributed by atoms with Crippen LogP contribution in [0.2, 0.25) is 0 Å². The summed E-state index contributed by atoms with van der Waals surface area (Å²) in [6.07, 6.45) is 3.90. The minimum Gasteiger partial charge on any atom is -0.381 e. The van der Waals surface area contributed by atoms with Gasteiger partial charge in [0.1, 0.15) is 5.82 Å². The highest BCUT2D eigenvalue weighted by Gasteiger charge is 2.23. The number of non-ortho nitro benzene ring substituents is 1. The molecule has 1 aromatic carbocycles. The second-order valence-corrected chi connectivity index (χ2v) is 4.79. The number of hydrogen-bond acceptors (Lipinski definition) is 4. The standard InChI is InChI=1S/C13H17FN2O3/c1-19-11-4-2-3-9(7-11)15-13-8-10(16(17)18)5-6-12(13)14/h5-6,8-9,11,15H,2-4,7H2,1H3. The summed E-state index contributed by atoms with van der Waals surface area (Å²) in [5.74, 6) is -0.467. The predicted octanol–water partition coefficient (Wildman–Crippen LogP) is 3.10. The summed E-state index contributed by atoms with van der Waals surface area (Å²) in [5, 5.41) is 13.7. The molecule has 0 heterocycles. The molecule has 1 fully saturated rings. The molecule has 2 rings (SSSR count). The Balaban J connectivity index is 2.09. The Morgan fingerprint density at radius 1 is 1.47 bits per heavy atom. The number of nitrogens with one attached hydrogen (secondary N) is 1. The van der Waals surface area contributed by atoms with Crippen LogP contribution >= 0.6 is 0 Å². The molecule has 6 heteroatoms. The molecular formula is C13H17FN2O3. The van der Waals surface area contributed by atoms with E-state index < -0.39 is 10.7 Å². The third-order valence-corrected chi connectivity index (χ3v) is 3.48. The zero-order valence-corrected chi connectivity index (χ0v) is 10.8. The number of nitrogens with zero attached hydrogens (tertiary/aromatic N) is 1. The van der Waals surface area contributed by atoms with Crippen LogP contribution in [-0.2, 0) is 4.74 Å². The Morgan fingerprint density at radius 3 is 2.95 bits per heavy atom. The lowest BCUT2D eigenvalue weighted by Crippen LogP contribution is -2.31. The maximum Gasteiger partial charge on any atom is 0.271 e. The summed E-state index contributed by atoms with van der Waals surface area (Å²) < 4.78 is 19.0. The molecule has 0 aliphatic heterocycles. The first kappa shape index (κ1) is 13.7. The van der Waals surface area contributed by atoms with E-state index in [0.29, 0.717) is 0 Å². The number of nitro benzene ring substituents is 1. The van der Waals surface area contributed by atoms with Crippen LogP contribution in [0.4, 0.5) is 15.8 Å². The molecule has 0 aromatic heterocycles. The van der Waals surface area contributed by atoms with Crippen molar-refractivity contribution in [3.05, 3.63) is 34.1 Å². The van der Waals surface area contributed by atoms with Gasteiger partial charge in [-0.1, -0.05) is 0 Å². The Labute approximate surface area is 110 Å². The van der Waals surface area contributed by atoms with Gasteiger partial charge in [0.05, 0.1) is 16.7 Å². The lowest BCUT2D eigenvalue weighted by atomic mass is 9.92. The zero-order chi connectivity index (χ0) is 13.8. The number of hydrogen-bond donors (Lipinski definition) is 1. The first-order chi connectivity index (χ1) is 9.10. The van der Waals surface area contributed by atoms with Gasteiger partial charge >= 0.3 is 0 Å². The number of benzene rings is 1. The van der Waals surface area contributed by atoms with Gasteiger partial charge in [-0.3, -0.25) is 10.1 Å². The topological polar surface area (TPSA) is 64.4 Å². The number of anilines is 1. The number of ether oxygens (including phenoxy) is 1. The zero-order valence-electron chi connectivity index (χ0n) is 10.8. The molecular weight excluding hydrogens is 251 g/mol. The first-order valence-electron chi connectivity index (χ1n) is 6.33. The predicted molar refractivity (Wildman–Crippen MR) is 69.7 cm³/mol. The second-order valence-electron chi connectivity index (χ2n) is 4.79. The monoisotopic (exact) mass is 268 g/mol. The summed E-state index contributed by atoms with van der Waals surface area (Å²) in [4.78, 5) is 10.2. The van der Waals surface area contributed by atoms with Crippen molar-refractivity contribution >= 4 is 11.4 Å². The van der Waals surface area contributed by atoms with Crippen LogP contribution in [0, 0.1) is 15.9 Å². The van der Waals surface area contributed by atoms with E-state index in [0.717, 1.165) is 31.7 Å². The molecule has 1 aliphatic carbocycles. The number of nitro groups is 1. The van der Waals surface area contributed by atoms with Gasteiger partial charge in [0.25, 0.3) is 5.69 Å². The Bertz CT molecular complexity index is 467. The van der Waals surface area contributed by atoms with E-state index in [9.17, 15) is 14.5 Å². The van der Waals surface area contributed by atoms with E-state index >= 15 is 0 Å². The van der Waals surface area contributed by atoms with Crippen LogP contribution < -0.4 is 5.32 Å². The van der Waals surface area contributed by atoms with Crippen LogP contribution in [0.25, 0.3) is 0 Å². The van der Waals surface area contributed by atoms with Crippen LogP contribution in [0.15, 0.2) is 18.2 Å². The summed E-state index contributed by atoms with van der Waals surface area (Å²) in [6.45, 7) is 0. The van der Waals surface area contributed by atoms with Crippen LogP contribution in [0.1, 0.15) is 25.7 Å². The molecule has 19 heavy (non-hydrogen) atoms. The van der Waals surface area contributed by atoms with Gasteiger partial charge in [-0.05, 0) is 31.7 Å². The fraction of sp³-hybridized carbons (Fsp3) is 0.538. The van der Waals surface area contributed by atoms with Crippen LogP contribution in [0.5, 0.6) is 0 Å². The van der Waals surface area contributed by atoms with Gasteiger partial charge in [0.2, 0.25) is 0 Å². The van der Waals surface area contributed by atoms with Gasteiger partial charge in [-0.25, -0.2) is 4.39 Å². The Kier molecular flexibility index (Phi) is 4.31. The fourth-order valence-corrected chi connectivity index (χ4v) is 2.45. The highest BCUT2D eigenvalue weighted by molar-refractivity contribution is 5.52. The van der Waals surface area contributed by atoms with Gasteiger partial charge in [-0.2, -0.15) is 0 Å². The quantitative estimate of drug-likeness (QED) is 0.673. The van der Waals surface area contributed by atoms with E-state index in [4.69, 9.17) is 4.74 Å². The van der Waals surface area contributed by atoms with E-state index in [1.54, 1.807) is 7.11 Å². The molecule has 1 aliphatic rings. The molecule has 0 spiro atoms. The molecule has 2 atom stereocenters. The van der Waals surface area contributed by atoms with Gasteiger partial charge in [-0.15, -0.1) is 0 Å². The molecule has 0 radical (unpaired) electrons. The lowest BCUT2D eigenvalue weighted by Gasteiger charge is -2.29. The van der Waals surface area contributed by atoms with E-state index in [1.807, 2.05) is 0 Å². The maximum atomic E-state index is 13.7. The molecule has 1 aromatic rings. The molecule has 0 saturated heterocycles. The minimum absolute atomic E-state index is 0.0928. The van der Waals surface area contributed by atoms with Crippen molar-refractivity contribution in [1.29, 1.82) is 0 Å². The molecule has 5 nitrogen and oxygen atoms in total. The minimum atomic E-state index is -0.524. The van der Waals surface area contributed by atoms with Crippen molar-refractivity contribution in [3.63, 3.8) is 0 Å². The second kappa shape index (κ2) is 5.97. The highest BCUT2D eigenvalue weighted by Crippen LogP contribution is 2.27. The number of rotatable bonds is 4. The summed E-state index contributed by atoms with van der Waals surface area (Å²) in [5.41, 5.74) is 0.0824. The van der Waals surface area contributed by atoms with E-state index in [1.165, 1.54) is 12.1 Å². The number of methoxy groups -OCH3 is 1. The molecule has 0 bridgehead atoms. The van der Waals surface area contributed by atoms with Crippen molar-refractivity contribution in [2.75, 3.05) is 12.4 Å². The lowest BCUT2D eigenvalue weighted by molar-refractivity contribution is -0.384. The van der Waals surface area contributed by atoms with Crippen LogP contribution in [-0.4, -0.2) is 24.2 Å². The molecule has 0 amide bonds. The molecule has 104 valence electrons. The largest absolute Gasteiger partial charge is 0.381 e.